The third kappa shape index (κ3) is 5.48. The van der Waals surface area contributed by atoms with Crippen LogP contribution in [0, 0.1) is 6.92 Å². The van der Waals surface area contributed by atoms with E-state index in [1.807, 2.05) is 37.3 Å². The van der Waals surface area contributed by atoms with Gasteiger partial charge in [0.15, 0.2) is 11.5 Å². The van der Waals surface area contributed by atoms with E-state index in [1.54, 1.807) is 38.3 Å². The maximum atomic E-state index is 13.6. The quantitative estimate of drug-likeness (QED) is 0.221. The Bertz CT molecular complexity index is 1430. The molecule has 0 spiro atoms. The number of ketones is 1. The number of phenolic OH excluding ortho intramolecular Hbond substituents is 1. The number of benzene rings is 3. The number of hydrogen-bond donors (Lipinski definition) is 2. The lowest BCUT2D eigenvalue weighted by atomic mass is 9.84. The molecule has 1 fully saturated rings. The van der Waals surface area contributed by atoms with E-state index in [9.17, 15) is 19.8 Å². The van der Waals surface area contributed by atoms with Crippen LogP contribution >= 0.6 is 0 Å². The lowest BCUT2D eigenvalue weighted by Gasteiger charge is -2.26. The summed E-state index contributed by atoms with van der Waals surface area (Å²) in [5.41, 5.74) is 3.40. The van der Waals surface area contributed by atoms with Crippen molar-refractivity contribution in [3.8, 4) is 17.2 Å². The van der Waals surface area contributed by atoms with Crippen molar-refractivity contribution in [2.75, 3.05) is 13.7 Å². The molecule has 7 heteroatoms. The number of carbonyl (C=O) groups is 2. The number of ether oxygens (including phenoxy) is 2. The number of Topliss-reactive ketones (excluding diaryl/α,β-unsaturated/α-hetero) is 1. The highest BCUT2D eigenvalue weighted by Crippen LogP contribution is 2.43. The van der Waals surface area contributed by atoms with Crippen molar-refractivity contribution in [1.82, 2.24) is 4.90 Å². The zero-order valence-corrected chi connectivity index (χ0v) is 23.2. The Morgan fingerprint density at radius 1 is 1.00 bits per heavy atom. The number of aromatic hydroxyl groups is 1. The van der Waals surface area contributed by atoms with Gasteiger partial charge in [0.25, 0.3) is 11.7 Å². The van der Waals surface area contributed by atoms with Gasteiger partial charge in [0, 0.05) is 12.1 Å². The van der Waals surface area contributed by atoms with E-state index in [0.717, 1.165) is 16.7 Å². The lowest BCUT2D eigenvalue weighted by Crippen LogP contribution is -2.29. The van der Waals surface area contributed by atoms with Crippen LogP contribution in [-0.2, 0) is 21.5 Å². The molecule has 0 bridgehead atoms. The summed E-state index contributed by atoms with van der Waals surface area (Å²) in [5.74, 6) is -0.861. The van der Waals surface area contributed by atoms with Crippen LogP contribution in [-0.4, -0.2) is 40.5 Å². The van der Waals surface area contributed by atoms with Gasteiger partial charge in [-0.2, -0.15) is 0 Å². The Balaban J connectivity index is 1.91. The average Bonchev–Trinajstić information content (AvgIpc) is 3.14. The number of methoxy groups -OCH3 is 1. The summed E-state index contributed by atoms with van der Waals surface area (Å²) in [4.78, 5) is 28.5. The highest BCUT2D eigenvalue weighted by atomic mass is 16.5. The van der Waals surface area contributed by atoms with Crippen LogP contribution in [0.15, 0.2) is 66.2 Å². The van der Waals surface area contributed by atoms with Crippen molar-refractivity contribution in [3.63, 3.8) is 0 Å². The molecule has 1 amide bonds. The number of likely N-dealkylation sites (tertiary alicyclic amines) is 1. The Hall–Kier alpha value is -4.26. The molecule has 7 nitrogen and oxygen atoms in total. The number of nitrogens with zero attached hydrogens (tertiary/aromatic N) is 1. The molecular formula is C32H35NO6. The third-order valence-corrected chi connectivity index (χ3v) is 7.01. The van der Waals surface area contributed by atoms with E-state index in [4.69, 9.17) is 9.47 Å². The Morgan fingerprint density at radius 2 is 1.69 bits per heavy atom. The molecule has 2 N–H and O–H groups in total. The van der Waals surface area contributed by atoms with E-state index >= 15 is 0 Å². The van der Waals surface area contributed by atoms with Gasteiger partial charge < -0.3 is 24.6 Å². The average molecular weight is 530 g/mol. The largest absolute Gasteiger partial charge is 0.507 e. The Labute approximate surface area is 229 Å². The van der Waals surface area contributed by atoms with Crippen LogP contribution < -0.4 is 9.47 Å². The summed E-state index contributed by atoms with van der Waals surface area (Å²) in [7, 11) is 1.57. The van der Waals surface area contributed by atoms with E-state index < -0.39 is 17.7 Å². The van der Waals surface area contributed by atoms with Crippen molar-refractivity contribution >= 4 is 17.4 Å². The van der Waals surface area contributed by atoms with Gasteiger partial charge in [-0.25, -0.2) is 0 Å². The molecule has 3 aromatic rings. The zero-order valence-electron chi connectivity index (χ0n) is 23.2. The van der Waals surface area contributed by atoms with Gasteiger partial charge in [-0.05, 0) is 71.8 Å². The normalized spacial score (nSPS) is 17.0. The molecule has 39 heavy (non-hydrogen) atoms. The van der Waals surface area contributed by atoms with Gasteiger partial charge in [-0.15, -0.1) is 0 Å². The van der Waals surface area contributed by atoms with Crippen LogP contribution in [0.1, 0.15) is 61.6 Å². The number of rotatable bonds is 7. The fraction of sp³-hybridized carbons (Fsp3) is 0.312. The minimum absolute atomic E-state index is 0.00388. The Morgan fingerprint density at radius 3 is 2.31 bits per heavy atom. The summed E-state index contributed by atoms with van der Waals surface area (Å²) in [5, 5.41) is 22.0. The second-order valence-corrected chi connectivity index (χ2v) is 10.7. The van der Waals surface area contributed by atoms with Crippen LogP contribution in [0.2, 0.25) is 0 Å². The first-order valence-electron chi connectivity index (χ1n) is 12.9. The SMILES string of the molecule is CCOc1cc(C2/C(=C(\O)c3cc(C(C)(C)C)ccc3C)C(=O)C(=O)N2Cc2ccc(OC)cc2)ccc1O. The predicted molar refractivity (Wildman–Crippen MR) is 150 cm³/mol. The maximum absolute atomic E-state index is 13.6. The van der Waals surface area contributed by atoms with Crippen molar-refractivity contribution < 1.29 is 29.3 Å². The van der Waals surface area contributed by atoms with Gasteiger partial charge >= 0.3 is 0 Å². The van der Waals surface area contributed by atoms with Gasteiger partial charge in [-0.1, -0.05) is 51.1 Å². The molecule has 1 aliphatic heterocycles. The van der Waals surface area contributed by atoms with E-state index in [1.165, 1.54) is 11.0 Å². The number of aliphatic hydroxyl groups excluding tert-OH is 1. The smallest absolute Gasteiger partial charge is 0.295 e. The summed E-state index contributed by atoms with van der Waals surface area (Å²) < 4.78 is 10.8. The lowest BCUT2D eigenvalue weighted by molar-refractivity contribution is -0.140. The number of carbonyl (C=O) groups excluding carboxylic acids is 2. The second-order valence-electron chi connectivity index (χ2n) is 10.7. The minimum atomic E-state index is -0.899. The highest BCUT2D eigenvalue weighted by molar-refractivity contribution is 6.46. The first-order valence-corrected chi connectivity index (χ1v) is 12.9. The first-order chi connectivity index (χ1) is 18.5. The third-order valence-electron chi connectivity index (χ3n) is 7.01. The molecule has 1 aliphatic rings. The summed E-state index contributed by atoms with van der Waals surface area (Å²) >= 11 is 0. The minimum Gasteiger partial charge on any atom is -0.507 e. The van der Waals surface area contributed by atoms with Crippen molar-refractivity contribution in [1.29, 1.82) is 0 Å². The van der Waals surface area contributed by atoms with Crippen molar-refractivity contribution in [3.05, 3.63) is 94.1 Å². The number of aliphatic hydroxyl groups is 1. The molecule has 0 radical (unpaired) electrons. The van der Waals surface area contributed by atoms with Crippen LogP contribution in [0.25, 0.3) is 5.76 Å². The van der Waals surface area contributed by atoms with Crippen LogP contribution in [0.4, 0.5) is 0 Å². The Kier molecular flexibility index (Phi) is 7.72. The predicted octanol–water partition coefficient (Wildman–Crippen LogP) is 6.03. The van der Waals surface area contributed by atoms with Crippen LogP contribution in [0.3, 0.4) is 0 Å². The van der Waals surface area contributed by atoms with Gasteiger partial charge in [0.1, 0.15) is 11.5 Å². The molecule has 0 aromatic heterocycles. The molecule has 1 atom stereocenters. The number of phenols is 1. The monoisotopic (exact) mass is 529 g/mol. The van der Waals surface area contributed by atoms with Gasteiger partial charge in [0.2, 0.25) is 0 Å². The second kappa shape index (κ2) is 10.8. The molecule has 204 valence electrons. The van der Waals surface area contributed by atoms with Crippen LogP contribution in [0.5, 0.6) is 17.2 Å². The molecule has 3 aromatic carbocycles. The zero-order chi connectivity index (χ0) is 28.5. The number of aryl methyl sites for hydroxylation is 1. The van der Waals surface area contributed by atoms with E-state index in [-0.39, 0.29) is 34.8 Å². The molecule has 1 heterocycles. The maximum Gasteiger partial charge on any atom is 0.295 e. The topological polar surface area (TPSA) is 96.3 Å². The fourth-order valence-corrected chi connectivity index (χ4v) is 4.78. The standard InChI is InChI=1S/C32H35NO6/c1-7-39-26-16-21(11-15-25(26)34)28-27(29(35)24-17-22(32(3,4)5)12-8-19(24)2)30(36)31(37)33(28)18-20-9-13-23(38-6)14-10-20/h8-17,28,34-35H,7,18H2,1-6H3/b29-27+. The van der Waals surface area contributed by atoms with Gasteiger partial charge in [0.05, 0.1) is 25.3 Å². The molecular weight excluding hydrogens is 494 g/mol. The van der Waals surface area contributed by atoms with E-state index in [2.05, 4.69) is 20.8 Å². The molecule has 0 aliphatic carbocycles. The number of amides is 1. The molecule has 0 saturated carbocycles. The fourth-order valence-electron chi connectivity index (χ4n) is 4.78. The molecule has 4 rings (SSSR count). The van der Waals surface area contributed by atoms with Gasteiger partial charge in [-0.3, -0.25) is 9.59 Å². The number of hydrogen-bond acceptors (Lipinski definition) is 6. The summed E-state index contributed by atoms with van der Waals surface area (Å²) in [6.07, 6.45) is 0. The first kappa shape index (κ1) is 27.8. The molecule has 1 unspecified atom stereocenters. The summed E-state index contributed by atoms with van der Waals surface area (Å²) in [6.45, 7) is 10.3. The van der Waals surface area contributed by atoms with Crippen molar-refractivity contribution in [2.45, 2.75) is 52.6 Å². The highest BCUT2D eigenvalue weighted by Gasteiger charge is 2.46. The molecule has 1 saturated heterocycles. The van der Waals surface area contributed by atoms with E-state index in [0.29, 0.717) is 23.5 Å². The van der Waals surface area contributed by atoms with Crippen molar-refractivity contribution in [2.24, 2.45) is 0 Å². The summed E-state index contributed by atoms with van der Waals surface area (Å²) in [6, 6.07) is 16.8.